The number of benzene rings is 6. The normalized spacial score (nSPS) is 13.0. The predicted molar refractivity (Wildman–Crippen MR) is 251 cm³/mol. The first-order valence-corrected chi connectivity index (χ1v) is 21.7. The van der Waals surface area contributed by atoms with Crippen LogP contribution in [0.4, 0.5) is 0 Å². The highest BCUT2D eigenvalue weighted by Gasteiger charge is 2.46. The molecule has 2 amide bonds. The van der Waals surface area contributed by atoms with Gasteiger partial charge >= 0.3 is 11.9 Å². The minimum absolute atomic E-state index is 0.0313. The van der Waals surface area contributed by atoms with Crippen LogP contribution in [-0.2, 0) is 66.3 Å². The molecule has 6 aromatic rings. The number of nitrogens with one attached hydrogen (secondary N) is 4. The van der Waals surface area contributed by atoms with Gasteiger partial charge in [0, 0.05) is 79.6 Å². The van der Waals surface area contributed by atoms with Gasteiger partial charge in [-0.2, -0.15) is 0 Å². The second kappa shape index (κ2) is 22.5. The zero-order valence-electron chi connectivity index (χ0n) is 33.6. The molecule has 0 fully saturated rings. The van der Waals surface area contributed by atoms with Crippen molar-refractivity contribution in [2.24, 2.45) is 0 Å². The zero-order valence-corrected chi connectivity index (χ0v) is 38.1. The highest BCUT2D eigenvalue weighted by molar-refractivity contribution is 6.35. The Kier molecular flexibility index (Phi) is 16.9. The average molecular weight is 980 g/mol. The Labute approximate surface area is 399 Å². The molecule has 0 saturated heterocycles. The third-order valence-electron chi connectivity index (χ3n) is 9.68. The maximum absolute atomic E-state index is 14.4. The molecular formula is C48H38Cl6N4O6. The SMILES string of the molecule is O=C(/C=C/C(=O)OC(NCc1ccc(Cl)cc1Cl)(C(=O)NCc1ccc(Cl)cc1)c1ccccc1)OC(NCc1ccc(Cl)cc1Cl)(C(=O)NCc1ccc(Cl)cc1)c1ccccc1. The van der Waals surface area contributed by atoms with Crippen LogP contribution in [0.5, 0.6) is 0 Å². The number of carbonyl (C=O) groups is 4. The number of amides is 2. The number of hydrogen-bond acceptors (Lipinski definition) is 8. The summed E-state index contributed by atoms with van der Waals surface area (Å²) >= 11 is 37.5. The third-order valence-corrected chi connectivity index (χ3v) is 11.4. The molecule has 0 saturated carbocycles. The summed E-state index contributed by atoms with van der Waals surface area (Å²) in [5.74, 6) is -3.77. The number of hydrogen-bond donors (Lipinski definition) is 4. The molecule has 0 bridgehead atoms. The molecule has 2 unspecified atom stereocenters. The van der Waals surface area contributed by atoms with E-state index in [2.05, 4.69) is 21.3 Å². The number of halogens is 6. The summed E-state index contributed by atoms with van der Waals surface area (Å²) in [6.45, 7) is -0.0915. The van der Waals surface area contributed by atoms with Crippen molar-refractivity contribution < 1.29 is 28.7 Å². The molecule has 10 nitrogen and oxygen atoms in total. The first-order valence-electron chi connectivity index (χ1n) is 19.4. The lowest BCUT2D eigenvalue weighted by molar-refractivity contribution is -0.172. The Bertz CT molecular complexity index is 2440. The van der Waals surface area contributed by atoms with Crippen LogP contribution < -0.4 is 21.3 Å². The lowest BCUT2D eigenvalue weighted by Crippen LogP contribution is -2.57. The van der Waals surface area contributed by atoms with E-state index in [0.717, 1.165) is 12.2 Å². The summed E-state index contributed by atoms with van der Waals surface area (Å²) < 4.78 is 12.1. The van der Waals surface area contributed by atoms with Gasteiger partial charge in [0.1, 0.15) is 0 Å². The van der Waals surface area contributed by atoms with Crippen molar-refractivity contribution >= 4 is 93.4 Å². The molecule has 0 heterocycles. The fourth-order valence-electron chi connectivity index (χ4n) is 6.35. The van der Waals surface area contributed by atoms with E-state index in [-0.39, 0.29) is 37.3 Å². The quantitative estimate of drug-likeness (QED) is 0.0380. The maximum Gasteiger partial charge on any atom is 0.333 e. The second-order valence-corrected chi connectivity index (χ2v) is 16.6. The molecule has 16 heteroatoms. The van der Waals surface area contributed by atoms with Crippen molar-refractivity contribution in [3.63, 3.8) is 0 Å². The van der Waals surface area contributed by atoms with E-state index in [1.165, 1.54) is 12.1 Å². The molecule has 4 N–H and O–H groups in total. The smallest absolute Gasteiger partial charge is 0.333 e. The standard InChI is InChI=1S/C48H38Cl6N4O6/c49-37-17-11-31(12-18-37)27-55-45(61)47(35-7-3-1-4-8-35,57-29-33-15-21-39(51)25-41(33)53)63-43(59)23-24-44(60)64-48(36-9-5-2-6-10-36,58-30-34-16-22-40(52)26-42(34)54)46(62)56-28-32-13-19-38(50)20-14-32/h1-26,57-58H,27-30H2,(H,55,61)(H,56,62)/b24-23+. The Morgan fingerprint density at radius 3 is 1.12 bits per heavy atom. The highest BCUT2D eigenvalue weighted by atomic mass is 35.5. The van der Waals surface area contributed by atoms with E-state index in [1.54, 1.807) is 133 Å². The van der Waals surface area contributed by atoms with Crippen molar-refractivity contribution in [2.75, 3.05) is 0 Å². The highest BCUT2D eigenvalue weighted by Crippen LogP contribution is 2.30. The van der Waals surface area contributed by atoms with E-state index in [0.29, 0.717) is 52.4 Å². The fourth-order valence-corrected chi connectivity index (χ4v) is 7.55. The molecule has 6 rings (SSSR count). The minimum Gasteiger partial charge on any atom is -0.427 e. The summed E-state index contributed by atoms with van der Waals surface area (Å²) in [5, 5.41) is 14.3. The molecule has 0 aliphatic heterocycles. The average Bonchev–Trinajstić information content (AvgIpc) is 3.29. The zero-order chi connectivity index (χ0) is 45.7. The van der Waals surface area contributed by atoms with Crippen molar-refractivity contribution in [3.8, 4) is 0 Å². The van der Waals surface area contributed by atoms with Gasteiger partial charge in [-0.15, -0.1) is 0 Å². The van der Waals surface area contributed by atoms with Crippen LogP contribution in [0.3, 0.4) is 0 Å². The summed E-state index contributed by atoms with van der Waals surface area (Å²) in [7, 11) is 0. The van der Waals surface area contributed by atoms with Crippen LogP contribution in [0.2, 0.25) is 30.1 Å². The maximum atomic E-state index is 14.4. The van der Waals surface area contributed by atoms with Gasteiger partial charge in [0.05, 0.1) is 0 Å². The van der Waals surface area contributed by atoms with Crippen molar-refractivity contribution in [2.45, 2.75) is 37.6 Å². The van der Waals surface area contributed by atoms with Gasteiger partial charge in [0.25, 0.3) is 23.3 Å². The molecule has 64 heavy (non-hydrogen) atoms. The van der Waals surface area contributed by atoms with Crippen LogP contribution in [0.15, 0.2) is 158 Å². The number of ether oxygens (including phenoxy) is 2. The first-order chi connectivity index (χ1) is 30.8. The van der Waals surface area contributed by atoms with E-state index in [4.69, 9.17) is 79.1 Å². The van der Waals surface area contributed by atoms with Crippen molar-refractivity contribution in [1.82, 2.24) is 21.3 Å². The number of esters is 2. The lowest BCUT2D eigenvalue weighted by Gasteiger charge is -2.34. The molecule has 0 radical (unpaired) electrons. The van der Waals surface area contributed by atoms with Gasteiger partial charge in [-0.1, -0.05) is 167 Å². The Morgan fingerprint density at radius 1 is 0.438 bits per heavy atom. The van der Waals surface area contributed by atoms with Gasteiger partial charge in [-0.25, -0.2) is 9.59 Å². The van der Waals surface area contributed by atoms with Crippen LogP contribution in [-0.4, -0.2) is 23.8 Å². The van der Waals surface area contributed by atoms with Gasteiger partial charge in [-0.05, 0) is 70.8 Å². The second-order valence-electron chi connectivity index (χ2n) is 14.1. The lowest BCUT2D eigenvalue weighted by atomic mass is 10.00. The molecular weight excluding hydrogens is 941 g/mol. The Hall–Kier alpha value is -5.40. The predicted octanol–water partition coefficient (Wildman–Crippen LogP) is 10.5. The molecule has 0 aliphatic carbocycles. The molecule has 0 aromatic heterocycles. The van der Waals surface area contributed by atoms with E-state index in [9.17, 15) is 19.2 Å². The molecule has 0 aliphatic rings. The van der Waals surface area contributed by atoms with Crippen molar-refractivity contribution in [1.29, 1.82) is 0 Å². The molecule has 0 spiro atoms. The first kappa shape index (κ1) is 48.1. The number of rotatable bonds is 18. The van der Waals surface area contributed by atoms with Gasteiger partial charge in [-0.3, -0.25) is 20.2 Å². The molecule has 328 valence electrons. The number of carbonyl (C=O) groups excluding carboxylic acids is 4. The fraction of sp³-hybridized carbons (Fsp3) is 0.125. The molecule has 6 aromatic carbocycles. The van der Waals surface area contributed by atoms with Crippen LogP contribution in [0, 0.1) is 0 Å². The molecule has 2 atom stereocenters. The Morgan fingerprint density at radius 2 is 0.781 bits per heavy atom. The van der Waals surface area contributed by atoms with Gasteiger partial charge in [0.2, 0.25) is 0 Å². The van der Waals surface area contributed by atoms with E-state index in [1.807, 2.05) is 0 Å². The summed E-state index contributed by atoms with van der Waals surface area (Å²) in [5.41, 5.74) is -1.43. The summed E-state index contributed by atoms with van der Waals surface area (Å²) in [4.78, 5) is 56.9. The van der Waals surface area contributed by atoms with Gasteiger partial charge in [0.15, 0.2) is 0 Å². The van der Waals surface area contributed by atoms with Crippen molar-refractivity contribution in [3.05, 3.63) is 221 Å². The van der Waals surface area contributed by atoms with Crippen LogP contribution in [0.1, 0.15) is 33.4 Å². The third kappa shape index (κ3) is 12.7. The largest absolute Gasteiger partial charge is 0.427 e. The Balaban J connectivity index is 1.32. The van der Waals surface area contributed by atoms with E-state index < -0.39 is 35.2 Å². The summed E-state index contributed by atoms with van der Waals surface area (Å²) in [6, 6.07) is 39.8. The monoisotopic (exact) mass is 976 g/mol. The van der Waals surface area contributed by atoms with Crippen LogP contribution >= 0.6 is 69.6 Å². The van der Waals surface area contributed by atoms with E-state index >= 15 is 0 Å². The van der Waals surface area contributed by atoms with Crippen LogP contribution in [0.25, 0.3) is 0 Å². The van der Waals surface area contributed by atoms with Gasteiger partial charge < -0.3 is 20.1 Å². The minimum atomic E-state index is -2.20. The summed E-state index contributed by atoms with van der Waals surface area (Å²) in [6.07, 6.45) is 1.59. The topological polar surface area (TPSA) is 135 Å².